The highest BCUT2D eigenvalue weighted by molar-refractivity contribution is 5.58. The van der Waals surface area contributed by atoms with E-state index in [1.54, 1.807) is 0 Å². The van der Waals surface area contributed by atoms with Gasteiger partial charge in [-0.1, -0.05) is 18.2 Å². The summed E-state index contributed by atoms with van der Waals surface area (Å²) in [5, 5.41) is 0. The summed E-state index contributed by atoms with van der Waals surface area (Å²) in [5.74, 6) is -0.632. The van der Waals surface area contributed by atoms with Gasteiger partial charge in [0.15, 0.2) is 0 Å². The molecule has 1 aromatic carbocycles. The van der Waals surface area contributed by atoms with E-state index in [1.807, 2.05) is 31.2 Å². The number of fused-ring (bicyclic) bond motifs is 1. The normalized spacial score (nSPS) is 21.5. The van der Waals surface area contributed by atoms with Crippen LogP contribution in [0.1, 0.15) is 24.8 Å². The zero-order chi connectivity index (χ0) is 12.4. The summed E-state index contributed by atoms with van der Waals surface area (Å²) in [6.07, 6.45) is -1.79. The van der Waals surface area contributed by atoms with Crippen LogP contribution in [0.2, 0.25) is 0 Å². The molecule has 0 bridgehead atoms. The van der Waals surface area contributed by atoms with Crippen molar-refractivity contribution in [2.24, 2.45) is 5.73 Å². The van der Waals surface area contributed by atoms with Crippen LogP contribution >= 0.6 is 0 Å². The Balaban J connectivity index is 2.36. The van der Waals surface area contributed by atoms with Gasteiger partial charge in [-0.2, -0.15) is 0 Å². The number of rotatable bonds is 3. The SMILES string of the molecule is C[C@H](CN)N1CC[C@H](C(F)F)c2ccccc21. The predicted octanol–water partition coefficient (Wildman–Crippen LogP) is 2.59. The number of para-hydroxylation sites is 1. The largest absolute Gasteiger partial charge is 0.367 e. The number of anilines is 1. The van der Waals surface area contributed by atoms with Crippen LogP contribution in [0.25, 0.3) is 0 Å². The zero-order valence-corrected chi connectivity index (χ0v) is 9.94. The smallest absolute Gasteiger partial charge is 0.245 e. The van der Waals surface area contributed by atoms with Gasteiger partial charge in [-0.05, 0) is 25.0 Å². The topological polar surface area (TPSA) is 29.3 Å². The van der Waals surface area contributed by atoms with Gasteiger partial charge in [0.25, 0.3) is 0 Å². The summed E-state index contributed by atoms with van der Waals surface area (Å²) in [5.41, 5.74) is 7.34. The lowest BCUT2D eigenvalue weighted by Crippen LogP contribution is -2.43. The first-order valence-corrected chi connectivity index (χ1v) is 5.99. The quantitative estimate of drug-likeness (QED) is 0.880. The Labute approximate surface area is 100 Å². The third-order valence-electron chi connectivity index (χ3n) is 3.50. The molecule has 0 aromatic heterocycles. The Morgan fingerprint density at radius 1 is 1.41 bits per heavy atom. The molecule has 0 spiro atoms. The van der Waals surface area contributed by atoms with E-state index in [4.69, 9.17) is 5.73 Å². The second kappa shape index (κ2) is 5.00. The third-order valence-corrected chi connectivity index (χ3v) is 3.50. The van der Waals surface area contributed by atoms with Gasteiger partial charge in [-0.25, -0.2) is 8.78 Å². The van der Waals surface area contributed by atoms with Crippen molar-refractivity contribution in [3.05, 3.63) is 29.8 Å². The number of hydrogen-bond donors (Lipinski definition) is 1. The van der Waals surface area contributed by atoms with Crippen molar-refractivity contribution in [3.63, 3.8) is 0 Å². The lowest BCUT2D eigenvalue weighted by Gasteiger charge is -2.39. The molecule has 2 rings (SSSR count). The van der Waals surface area contributed by atoms with Crippen molar-refractivity contribution in [2.75, 3.05) is 18.0 Å². The monoisotopic (exact) mass is 240 g/mol. The molecular weight excluding hydrogens is 222 g/mol. The minimum atomic E-state index is -2.29. The average molecular weight is 240 g/mol. The van der Waals surface area contributed by atoms with Gasteiger partial charge in [0, 0.05) is 30.7 Å². The van der Waals surface area contributed by atoms with Gasteiger partial charge in [0.1, 0.15) is 0 Å². The molecule has 0 saturated carbocycles. The van der Waals surface area contributed by atoms with E-state index in [-0.39, 0.29) is 6.04 Å². The van der Waals surface area contributed by atoms with Crippen molar-refractivity contribution in [3.8, 4) is 0 Å². The molecule has 2 N–H and O–H groups in total. The minimum Gasteiger partial charge on any atom is -0.367 e. The molecule has 0 unspecified atom stereocenters. The Bertz CT molecular complexity index is 381. The maximum Gasteiger partial charge on any atom is 0.245 e. The standard InChI is InChI=1S/C13H18F2N2/c1-9(8-16)17-7-6-11(13(14)15)10-4-2-3-5-12(10)17/h2-5,9,11,13H,6-8,16H2,1H3/t9-,11+/m1/s1. The maximum atomic E-state index is 13.0. The van der Waals surface area contributed by atoms with Crippen LogP contribution in [-0.4, -0.2) is 25.6 Å². The van der Waals surface area contributed by atoms with Gasteiger partial charge < -0.3 is 10.6 Å². The second-order valence-corrected chi connectivity index (χ2v) is 4.57. The molecule has 17 heavy (non-hydrogen) atoms. The van der Waals surface area contributed by atoms with E-state index in [2.05, 4.69) is 4.90 Å². The van der Waals surface area contributed by atoms with Crippen molar-refractivity contribution < 1.29 is 8.78 Å². The van der Waals surface area contributed by atoms with Crippen molar-refractivity contribution >= 4 is 5.69 Å². The van der Waals surface area contributed by atoms with E-state index < -0.39 is 12.3 Å². The molecule has 2 nitrogen and oxygen atoms in total. The number of halogens is 2. The van der Waals surface area contributed by atoms with Gasteiger partial charge in [-0.3, -0.25) is 0 Å². The Morgan fingerprint density at radius 2 is 2.12 bits per heavy atom. The molecule has 0 aliphatic carbocycles. The summed E-state index contributed by atoms with van der Waals surface area (Å²) >= 11 is 0. The summed E-state index contributed by atoms with van der Waals surface area (Å²) in [6.45, 7) is 3.22. The molecule has 4 heteroatoms. The molecule has 1 aliphatic heterocycles. The maximum absolute atomic E-state index is 13.0. The number of alkyl halides is 2. The first kappa shape index (κ1) is 12.3. The molecule has 94 valence electrons. The highest BCUT2D eigenvalue weighted by Crippen LogP contribution is 2.39. The molecular formula is C13H18F2N2. The average Bonchev–Trinajstić information content (AvgIpc) is 2.36. The second-order valence-electron chi connectivity index (χ2n) is 4.57. The molecule has 2 atom stereocenters. The predicted molar refractivity (Wildman–Crippen MR) is 65.7 cm³/mol. The Kier molecular flexibility index (Phi) is 3.62. The van der Waals surface area contributed by atoms with Crippen LogP contribution in [0, 0.1) is 0 Å². The van der Waals surface area contributed by atoms with Gasteiger partial charge in [0.2, 0.25) is 6.43 Å². The van der Waals surface area contributed by atoms with E-state index in [1.165, 1.54) is 0 Å². The van der Waals surface area contributed by atoms with Crippen LogP contribution in [0.15, 0.2) is 24.3 Å². The number of benzene rings is 1. The van der Waals surface area contributed by atoms with Crippen LogP contribution in [-0.2, 0) is 0 Å². The molecule has 1 aromatic rings. The highest BCUT2D eigenvalue weighted by Gasteiger charge is 2.32. The fourth-order valence-corrected chi connectivity index (χ4v) is 2.46. The first-order valence-electron chi connectivity index (χ1n) is 5.99. The van der Waals surface area contributed by atoms with Gasteiger partial charge >= 0.3 is 0 Å². The van der Waals surface area contributed by atoms with Crippen molar-refractivity contribution in [1.29, 1.82) is 0 Å². The molecule has 0 saturated heterocycles. The lowest BCUT2D eigenvalue weighted by atomic mass is 9.89. The van der Waals surface area contributed by atoms with Gasteiger partial charge in [0.05, 0.1) is 0 Å². The fraction of sp³-hybridized carbons (Fsp3) is 0.538. The highest BCUT2D eigenvalue weighted by atomic mass is 19.3. The van der Waals surface area contributed by atoms with E-state index in [0.717, 1.165) is 11.3 Å². The lowest BCUT2D eigenvalue weighted by molar-refractivity contribution is 0.108. The molecule has 1 aliphatic rings. The van der Waals surface area contributed by atoms with Crippen molar-refractivity contribution in [1.82, 2.24) is 0 Å². The zero-order valence-electron chi connectivity index (χ0n) is 9.94. The molecule has 0 radical (unpaired) electrons. The molecule has 0 amide bonds. The minimum absolute atomic E-state index is 0.190. The van der Waals surface area contributed by atoms with Crippen LogP contribution in [0.3, 0.4) is 0 Å². The Hall–Kier alpha value is -1.16. The summed E-state index contributed by atoms with van der Waals surface area (Å²) in [6, 6.07) is 7.63. The Morgan fingerprint density at radius 3 is 2.76 bits per heavy atom. The van der Waals surface area contributed by atoms with E-state index >= 15 is 0 Å². The van der Waals surface area contributed by atoms with Crippen LogP contribution in [0.5, 0.6) is 0 Å². The van der Waals surface area contributed by atoms with Crippen LogP contribution < -0.4 is 10.6 Å². The molecule has 0 fully saturated rings. The van der Waals surface area contributed by atoms with E-state index in [0.29, 0.717) is 19.5 Å². The van der Waals surface area contributed by atoms with Gasteiger partial charge in [-0.15, -0.1) is 0 Å². The summed E-state index contributed by atoms with van der Waals surface area (Å²) < 4.78 is 25.9. The first-order chi connectivity index (χ1) is 8.15. The third kappa shape index (κ3) is 2.27. The number of nitrogens with zero attached hydrogens (tertiary/aromatic N) is 1. The molecule has 1 heterocycles. The fourth-order valence-electron chi connectivity index (χ4n) is 2.46. The number of nitrogens with two attached hydrogens (primary N) is 1. The van der Waals surface area contributed by atoms with Crippen LogP contribution in [0.4, 0.5) is 14.5 Å². The summed E-state index contributed by atoms with van der Waals surface area (Å²) in [4.78, 5) is 2.13. The van der Waals surface area contributed by atoms with Crippen molar-refractivity contribution in [2.45, 2.75) is 31.7 Å². The number of hydrogen-bond acceptors (Lipinski definition) is 2. The summed E-state index contributed by atoms with van der Waals surface area (Å²) in [7, 11) is 0. The van der Waals surface area contributed by atoms with E-state index in [9.17, 15) is 8.78 Å².